The number of hydrogen-bond acceptors (Lipinski definition) is 4. The second-order valence-electron chi connectivity index (χ2n) is 3.58. The molecule has 0 bridgehead atoms. The van der Waals surface area contributed by atoms with E-state index in [-0.39, 0.29) is 4.90 Å². The van der Waals surface area contributed by atoms with Crippen LogP contribution >= 0.6 is 0 Å². The number of primary sulfonamides is 1. The molecule has 0 amide bonds. The van der Waals surface area contributed by atoms with Crippen LogP contribution in [0.3, 0.4) is 0 Å². The minimum absolute atomic E-state index is 0.0236. The molecule has 1 rings (SSSR count). The molecule has 1 aromatic carbocycles. The molecular weight excluding hydrogens is 254 g/mol. The minimum atomic E-state index is -3.80. The third-order valence-corrected chi connectivity index (χ3v) is 3.06. The summed E-state index contributed by atoms with van der Waals surface area (Å²) in [6.07, 6.45) is 3.28. The first-order valence-electron chi connectivity index (χ1n) is 5.42. The highest BCUT2D eigenvalue weighted by Crippen LogP contribution is 2.15. The zero-order valence-electron chi connectivity index (χ0n) is 10.00. The highest BCUT2D eigenvalue weighted by atomic mass is 32.2. The van der Waals surface area contributed by atoms with Crippen molar-refractivity contribution in [3.63, 3.8) is 0 Å². The number of rotatable bonds is 5. The lowest BCUT2D eigenvalue weighted by atomic mass is 10.2. The van der Waals surface area contributed by atoms with Crippen molar-refractivity contribution < 1.29 is 17.9 Å². The summed E-state index contributed by atoms with van der Waals surface area (Å²) in [6.45, 7) is 2.22. The number of benzene rings is 1. The van der Waals surface area contributed by atoms with Gasteiger partial charge in [0.2, 0.25) is 10.0 Å². The molecule has 0 saturated carbocycles. The fourth-order valence-corrected chi connectivity index (χ4v) is 2.02. The molecule has 1 aromatic rings. The van der Waals surface area contributed by atoms with Crippen molar-refractivity contribution >= 4 is 22.1 Å². The van der Waals surface area contributed by atoms with Crippen LogP contribution in [0.15, 0.2) is 35.2 Å². The quantitative estimate of drug-likeness (QED) is 0.644. The summed E-state index contributed by atoms with van der Waals surface area (Å²) in [5.74, 6) is -0.513. The van der Waals surface area contributed by atoms with Gasteiger partial charge in [-0.05, 0) is 24.1 Å². The van der Waals surface area contributed by atoms with Crippen LogP contribution in [0.2, 0.25) is 0 Å². The van der Waals surface area contributed by atoms with Crippen LogP contribution in [0.5, 0.6) is 0 Å². The first-order valence-corrected chi connectivity index (χ1v) is 6.96. The second-order valence-corrected chi connectivity index (χ2v) is 5.11. The van der Waals surface area contributed by atoms with Gasteiger partial charge in [0, 0.05) is 6.08 Å². The SMILES string of the molecule is CCCOC(=O)/C=C/c1ccccc1S(N)(=O)=O. The molecule has 0 unspecified atom stereocenters. The monoisotopic (exact) mass is 269 g/mol. The average Bonchev–Trinajstić information content (AvgIpc) is 2.33. The molecule has 6 heteroatoms. The van der Waals surface area contributed by atoms with Gasteiger partial charge >= 0.3 is 5.97 Å². The third kappa shape index (κ3) is 4.31. The van der Waals surface area contributed by atoms with Gasteiger partial charge in [0.15, 0.2) is 0 Å². The van der Waals surface area contributed by atoms with Crippen LogP contribution in [0.1, 0.15) is 18.9 Å². The standard InChI is InChI=1S/C12H15NO4S/c1-2-9-17-12(14)8-7-10-5-3-4-6-11(10)18(13,15)16/h3-8H,2,9H2,1H3,(H2,13,15,16)/b8-7+. The number of ether oxygens (including phenoxy) is 1. The number of sulfonamides is 1. The van der Waals surface area contributed by atoms with Crippen LogP contribution in [-0.4, -0.2) is 21.0 Å². The first-order chi connectivity index (χ1) is 8.45. The van der Waals surface area contributed by atoms with E-state index in [0.717, 1.165) is 6.42 Å². The third-order valence-electron chi connectivity index (χ3n) is 2.07. The van der Waals surface area contributed by atoms with E-state index in [9.17, 15) is 13.2 Å². The first kappa shape index (κ1) is 14.4. The Balaban J connectivity index is 2.92. The van der Waals surface area contributed by atoms with Crippen LogP contribution in [0, 0.1) is 0 Å². The lowest BCUT2D eigenvalue weighted by molar-refractivity contribution is -0.137. The van der Waals surface area contributed by atoms with Crippen LogP contribution < -0.4 is 5.14 Å². The molecule has 0 spiro atoms. The lowest BCUT2D eigenvalue weighted by Crippen LogP contribution is -2.13. The summed E-state index contributed by atoms with van der Waals surface area (Å²) in [6, 6.07) is 6.16. The van der Waals surface area contributed by atoms with Gasteiger partial charge in [-0.25, -0.2) is 18.4 Å². The number of hydrogen-bond donors (Lipinski definition) is 1. The van der Waals surface area contributed by atoms with E-state index in [1.807, 2.05) is 6.92 Å². The lowest BCUT2D eigenvalue weighted by Gasteiger charge is -2.02. The van der Waals surface area contributed by atoms with Crippen LogP contribution in [0.4, 0.5) is 0 Å². The van der Waals surface area contributed by atoms with Gasteiger partial charge in [-0.3, -0.25) is 0 Å². The molecule has 0 heterocycles. The number of nitrogens with two attached hydrogens (primary N) is 1. The Morgan fingerprint density at radius 3 is 2.67 bits per heavy atom. The Labute approximate surface area is 106 Å². The second kappa shape index (κ2) is 6.32. The van der Waals surface area contributed by atoms with Crippen LogP contribution in [0.25, 0.3) is 6.08 Å². The summed E-state index contributed by atoms with van der Waals surface area (Å²) in [5.41, 5.74) is 0.355. The van der Waals surface area contributed by atoms with Crippen molar-refractivity contribution in [1.82, 2.24) is 0 Å². The summed E-state index contributed by atoms with van der Waals surface area (Å²) >= 11 is 0. The zero-order valence-corrected chi connectivity index (χ0v) is 10.8. The molecular formula is C12H15NO4S. The Kier molecular flexibility index (Phi) is 5.06. The van der Waals surface area contributed by atoms with E-state index in [1.165, 1.54) is 18.2 Å². The molecule has 5 nitrogen and oxygen atoms in total. The molecule has 0 fully saturated rings. The fourth-order valence-electron chi connectivity index (χ4n) is 1.29. The summed E-state index contributed by atoms with van der Waals surface area (Å²) in [7, 11) is -3.80. The topological polar surface area (TPSA) is 86.5 Å². The fraction of sp³-hybridized carbons (Fsp3) is 0.250. The van der Waals surface area contributed by atoms with Gasteiger partial charge in [-0.2, -0.15) is 0 Å². The van der Waals surface area contributed by atoms with Gasteiger partial charge in [-0.1, -0.05) is 25.1 Å². The molecule has 0 saturated heterocycles. The maximum atomic E-state index is 11.3. The summed E-state index contributed by atoms with van der Waals surface area (Å²) in [5, 5.41) is 5.07. The van der Waals surface area contributed by atoms with Gasteiger partial charge in [0.25, 0.3) is 0 Å². The van der Waals surface area contributed by atoms with E-state index >= 15 is 0 Å². The highest BCUT2D eigenvalue weighted by molar-refractivity contribution is 7.89. The number of carbonyl (C=O) groups is 1. The molecule has 0 atom stereocenters. The van der Waals surface area contributed by atoms with Crippen molar-refractivity contribution in [2.45, 2.75) is 18.2 Å². The normalized spacial score (nSPS) is 11.7. The van der Waals surface area contributed by atoms with Crippen molar-refractivity contribution in [2.24, 2.45) is 5.14 Å². The number of carbonyl (C=O) groups excluding carboxylic acids is 1. The van der Waals surface area contributed by atoms with Gasteiger partial charge in [0.05, 0.1) is 11.5 Å². The molecule has 0 aliphatic carbocycles. The van der Waals surface area contributed by atoms with Crippen molar-refractivity contribution in [2.75, 3.05) is 6.61 Å². The van der Waals surface area contributed by atoms with E-state index in [4.69, 9.17) is 9.88 Å². The molecule has 18 heavy (non-hydrogen) atoms. The van der Waals surface area contributed by atoms with Gasteiger partial charge in [0.1, 0.15) is 0 Å². The molecule has 0 aliphatic heterocycles. The van der Waals surface area contributed by atoms with E-state index in [2.05, 4.69) is 0 Å². The maximum Gasteiger partial charge on any atom is 0.330 e. The van der Waals surface area contributed by atoms with Crippen molar-refractivity contribution in [3.05, 3.63) is 35.9 Å². The summed E-state index contributed by atoms with van der Waals surface area (Å²) in [4.78, 5) is 11.2. The smallest absolute Gasteiger partial charge is 0.330 e. The predicted molar refractivity (Wildman–Crippen MR) is 68.1 cm³/mol. The Bertz CT molecular complexity index is 549. The van der Waals surface area contributed by atoms with Crippen molar-refractivity contribution in [1.29, 1.82) is 0 Å². The van der Waals surface area contributed by atoms with Crippen molar-refractivity contribution in [3.8, 4) is 0 Å². The Morgan fingerprint density at radius 1 is 1.39 bits per heavy atom. The zero-order chi connectivity index (χ0) is 13.6. The van der Waals surface area contributed by atoms with E-state index in [0.29, 0.717) is 12.2 Å². The molecule has 2 N–H and O–H groups in total. The predicted octanol–water partition coefficient (Wildman–Crippen LogP) is 1.30. The molecule has 0 radical (unpaired) electrons. The van der Waals surface area contributed by atoms with E-state index in [1.54, 1.807) is 18.2 Å². The molecule has 0 aliphatic rings. The van der Waals surface area contributed by atoms with Gasteiger partial charge < -0.3 is 4.74 Å². The maximum absolute atomic E-state index is 11.3. The van der Waals surface area contributed by atoms with Crippen LogP contribution in [-0.2, 0) is 19.6 Å². The Morgan fingerprint density at radius 2 is 2.06 bits per heavy atom. The average molecular weight is 269 g/mol. The molecule has 98 valence electrons. The highest BCUT2D eigenvalue weighted by Gasteiger charge is 2.11. The van der Waals surface area contributed by atoms with E-state index < -0.39 is 16.0 Å². The Hall–Kier alpha value is -1.66. The number of esters is 1. The summed E-state index contributed by atoms with van der Waals surface area (Å²) < 4.78 is 27.4. The van der Waals surface area contributed by atoms with Gasteiger partial charge in [-0.15, -0.1) is 0 Å². The minimum Gasteiger partial charge on any atom is -0.463 e. The molecule has 0 aromatic heterocycles. The largest absolute Gasteiger partial charge is 0.463 e.